The second kappa shape index (κ2) is 18.7. The van der Waals surface area contributed by atoms with Crippen molar-refractivity contribution >= 4 is 70.4 Å². The lowest BCUT2D eigenvalue weighted by Crippen LogP contribution is -2.11. The molecule has 0 aliphatic rings. The van der Waals surface area contributed by atoms with E-state index in [1.807, 2.05) is 36.4 Å². The molecule has 0 aliphatic carbocycles. The summed E-state index contributed by atoms with van der Waals surface area (Å²) in [7, 11) is 0. The lowest BCUT2D eigenvalue weighted by Gasteiger charge is -2.10. The van der Waals surface area contributed by atoms with E-state index in [1.165, 1.54) is 0 Å². The number of benzene rings is 2. The largest absolute Gasteiger partial charge is 0.460 e. The Morgan fingerprint density at radius 2 is 1.10 bits per heavy atom. The molecule has 2 aromatic carbocycles. The van der Waals surface area contributed by atoms with Crippen LogP contribution in [0.1, 0.15) is 13.8 Å². The fourth-order valence-corrected chi connectivity index (χ4v) is 6.00. The third-order valence-electron chi connectivity index (χ3n) is 4.63. The smallest absolute Gasteiger partial charge is 0.333 e. The minimum atomic E-state index is -0.408. The van der Waals surface area contributed by atoms with Crippen LogP contribution in [0.2, 0.25) is 10.0 Å². The first-order chi connectivity index (χ1) is 18.7. The van der Waals surface area contributed by atoms with Crippen LogP contribution >= 0.6 is 58.5 Å². The van der Waals surface area contributed by atoms with Gasteiger partial charge in [0, 0.05) is 42.2 Å². The molecule has 6 nitrogen and oxygen atoms in total. The fourth-order valence-electron chi connectivity index (χ4n) is 2.72. The van der Waals surface area contributed by atoms with Crippen LogP contribution in [-0.2, 0) is 28.5 Å². The summed E-state index contributed by atoms with van der Waals surface area (Å²) in [5.41, 5.74) is 0.744. The summed E-state index contributed by atoms with van der Waals surface area (Å²) in [4.78, 5) is 26.6. The summed E-state index contributed by atoms with van der Waals surface area (Å²) >= 11 is 17.8. The van der Waals surface area contributed by atoms with Crippen LogP contribution in [0.4, 0.5) is 0 Å². The van der Waals surface area contributed by atoms with E-state index in [4.69, 9.17) is 42.1 Å². The topological polar surface area (TPSA) is 71.1 Å². The Balaban J connectivity index is 1.69. The van der Waals surface area contributed by atoms with Crippen LogP contribution in [0, 0.1) is 0 Å². The molecule has 0 spiro atoms. The maximum atomic E-state index is 11.3. The molecule has 39 heavy (non-hydrogen) atoms. The van der Waals surface area contributed by atoms with Gasteiger partial charge < -0.3 is 18.9 Å². The average molecular weight is 632 g/mol. The van der Waals surface area contributed by atoms with Crippen molar-refractivity contribution in [1.29, 1.82) is 0 Å². The minimum Gasteiger partial charge on any atom is -0.460 e. The van der Waals surface area contributed by atoms with E-state index in [0.29, 0.717) is 47.6 Å². The van der Waals surface area contributed by atoms with Gasteiger partial charge in [-0.1, -0.05) is 48.1 Å². The van der Waals surface area contributed by atoms with Gasteiger partial charge in [-0.15, -0.1) is 23.5 Å². The summed E-state index contributed by atoms with van der Waals surface area (Å²) in [6, 6.07) is 11.9. The predicted molar refractivity (Wildman–Crippen MR) is 162 cm³/mol. The Hall–Kier alpha value is -1.59. The van der Waals surface area contributed by atoms with Gasteiger partial charge in [0.1, 0.15) is 13.2 Å². The number of hydrogen-bond acceptors (Lipinski definition) is 9. The molecule has 0 aliphatic heterocycles. The molecule has 0 aromatic heterocycles. The highest BCUT2D eigenvalue weighted by molar-refractivity contribution is 8.00. The zero-order valence-corrected chi connectivity index (χ0v) is 25.9. The summed E-state index contributed by atoms with van der Waals surface area (Å²) in [5, 5.41) is 1.35. The quantitative estimate of drug-likeness (QED) is 0.0716. The van der Waals surface area contributed by atoms with E-state index in [1.54, 1.807) is 49.1 Å². The summed E-state index contributed by atoms with van der Waals surface area (Å²) in [6.07, 6.45) is 0. The van der Waals surface area contributed by atoms with Gasteiger partial charge in [-0.2, -0.15) is 0 Å². The van der Waals surface area contributed by atoms with Crippen molar-refractivity contribution in [2.75, 3.05) is 51.1 Å². The van der Waals surface area contributed by atoms with Gasteiger partial charge in [-0.25, -0.2) is 9.59 Å². The molecule has 11 heteroatoms. The van der Waals surface area contributed by atoms with Crippen molar-refractivity contribution in [2.45, 2.75) is 33.4 Å². The van der Waals surface area contributed by atoms with Crippen LogP contribution in [0.15, 0.2) is 80.3 Å². The number of ether oxygens (including phenoxy) is 4. The Kier molecular flexibility index (Phi) is 16.1. The SMILES string of the molecule is C=C(C)C(=O)OCCOCCSc1ccc(Sc2ccc(SCCOCCOC(=O)C(=C)C)c(Cl)c2)cc1Cl. The molecule has 0 radical (unpaired) electrons. The summed E-state index contributed by atoms with van der Waals surface area (Å²) < 4.78 is 21.0. The van der Waals surface area contributed by atoms with Gasteiger partial charge in [0.15, 0.2) is 0 Å². The van der Waals surface area contributed by atoms with Gasteiger partial charge in [0.2, 0.25) is 0 Å². The molecule has 212 valence electrons. The normalized spacial score (nSPS) is 10.8. The van der Waals surface area contributed by atoms with Crippen LogP contribution < -0.4 is 0 Å². The molecule has 0 saturated heterocycles. The Labute approximate surface area is 253 Å². The van der Waals surface area contributed by atoms with Crippen LogP contribution in [0.5, 0.6) is 0 Å². The molecule has 0 atom stereocenters. The van der Waals surface area contributed by atoms with Gasteiger partial charge in [-0.05, 0) is 50.2 Å². The first kappa shape index (κ1) is 33.6. The van der Waals surface area contributed by atoms with E-state index in [0.717, 1.165) is 31.1 Å². The number of carbonyl (C=O) groups excluding carboxylic acids is 2. The van der Waals surface area contributed by atoms with Crippen molar-refractivity contribution < 1.29 is 28.5 Å². The third-order valence-corrected chi connectivity index (χ3v) is 8.54. The second-order valence-corrected chi connectivity index (χ2v) is 12.3. The highest BCUT2D eigenvalue weighted by Crippen LogP contribution is 2.37. The zero-order chi connectivity index (χ0) is 28.6. The van der Waals surface area contributed by atoms with Gasteiger partial charge in [-0.3, -0.25) is 0 Å². The van der Waals surface area contributed by atoms with Gasteiger partial charge in [0.25, 0.3) is 0 Å². The van der Waals surface area contributed by atoms with E-state index in [9.17, 15) is 9.59 Å². The van der Waals surface area contributed by atoms with Gasteiger partial charge in [0.05, 0.1) is 36.5 Å². The molecule has 0 N–H and O–H groups in total. The maximum Gasteiger partial charge on any atom is 0.333 e. The van der Waals surface area contributed by atoms with Gasteiger partial charge >= 0.3 is 11.9 Å². The lowest BCUT2D eigenvalue weighted by atomic mass is 10.3. The number of rotatable bonds is 18. The van der Waals surface area contributed by atoms with Crippen molar-refractivity contribution in [2.24, 2.45) is 0 Å². The Morgan fingerprint density at radius 1 is 0.692 bits per heavy atom. The number of esters is 2. The standard InChI is InChI=1S/C28H32Cl2O6S3/c1-19(2)27(31)35-11-9-33-13-15-37-25-7-5-21(17-23(25)29)39-22-6-8-26(24(30)18-22)38-16-14-34-10-12-36-28(32)20(3)4/h5-8,17-18H,1,3,9-16H2,2,4H3. The third kappa shape index (κ3) is 13.5. The van der Waals surface area contributed by atoms with Crippen molar-refractivity contribution in [3.8, 4) is 0 Å². The van der Waals surface area contributed by atoms with Crippen LogP contribution in [0.25, 0.3) is 0 Å². The first-order valence-corrected chi connectivity index (χ1v) is 15.5. The van der Waals surface area contributed by atoms with E-state index >= 15 is 0 Å². The maximum absolute atomic E-state index is 11.3. The molecular formula is C28H32Cl2O6S3. The number of thioether (sulfide) groups is 2. The van der Waals surface area contributed by atoms with E-state index in [-0.39, 0.29) is 13.2 Å². The molecule has 0 amide bonds. The monoisotopic (exact) mass is 630 g/mol. The van der Waals surface area contributed by atoms with Crippen molar-refractivity contribution in [1.82, 2.24) is 0 Å². The average Bonchev–Trinajstić information content (AvgIpc) is 2.89. The molecule has 2 aromatic rings. The predicted octanol–water partition coefficient (Wildman–Crippen LogP) is 7.60. The minimum absolute atomic E-state index is 0.206. The number of carbonyl (C=O) groups is 2. The van der Waals surface area contributed by atoms with Crippen molar-refractivity contribution in [3.05, 3.63) is 70.7 Å². The highest BCUT2D eigenvalue weighted by Gasteiger charge is 2.08. The van der Waals surface area contributed by atoms with E-state index < -0.39 is 11.9 Å². The molecule has 2 rings (SSSR count). The second-order valence-electron chi connectivity index (χ2n) is 8.04. The van der Waals surface area contributed by atoms with Crippen LogP contribution in [0.3, 0.4) is 0 Å². The Bertz CT molecular complexity index is 1050. The molecule has 0 saturated carbocycles. The lowest BCUT2D eigenvalue weighted by molar-refractivity contribution is -0.141. The molecule has 0 unspecified atom stereocenters. The fraction of sp³-hybridized carbons (Fsp3) is 0.357. The molecule has 0 fully saturated rings. The van der Waals surface area contributed by atoms with Crippen LogP contribution in [-0.4, -0.2) is 63.1 Å². The highest BCUT2D eigenvalue weighted by atomic mass is 35.5. The first-order valence-electron chi connectivity index (χ1n) is 12.0. The Morgan fingerprint density at radius 3 is 1.46 bits per heavy atom. The van der Waals surface area contributed by atoms with Crippen molar-refractivity contribution in [3.63, 3.8) is 0 Å². The number of halogens is 2. The zero-order valence-electron chi connectivity index (χ0n) is 22.0. The molecule has 0 heterocycles. The molecular weight excluding hydrogens is 599 g/mol. The molecule has 0 bridgehead atoms. The van der Waals surface area contributed by atoms with E-state index in [2.05, 4.69) is 13.2 Å². The summed E-state index contributed by atoms with van der Waals surface area (Å²) in [6.45, 7) is 12.4. The summed E-state index contributed by atoms with van der Waals surface area (Å²) in [5.74, 6) is 0.633. The number of hydrogen-bond donors (Lipinski definition) is 0.